The highest BCUT2D eigenvalue weighted by molar-refractivity contribution is 5.96. The van der Waals surface area contributed by atoms with Crippen LogP contribution in [-0.4, -0.2) is 40.9 Å². The van der Waals surface area contributed by atoms with Gasteiger partial charge in [0.1, 0.15) is 17.3 Å². The van der Waals surface area contributed by atoms with Crippen LogP contribution in [0.5, 0.6) is 0 Å². The first kappa shape index (κ1) is 30.8. The Morgan fingerprint density at radius 2 is 1.67 bits per heavy atom. The van der Waals surface area contributed by atoms with Gasteiger partial charge < -0.3 is 9.84 Å². The molecule has 0 radical (unpaired) electrons. The Morgan fingerprint density at radius 3 is 2.35 bits per heavy atom. The second-order valence-corrected chi connectivity index (χ2v) is 12.4. The van der Waals surface area contributed by atoms with Gasteiger partial charge in [0, 0.05) is 49.5 Å². The molecular weight excluding hydrogens is 569 g/mol. The van der Waals surface area contributed by atoms with Gasteiger partial charge in [-0.15, -0.1) is 0 Å². The Bertz CT molecular complexity index is 1490. The molecule has 0 unspecified atom stereocenters. The van der Waals surface area contributed by atoms with Crippen molar-refractivity contribution in [2.24, 2.45) is 5.41 Å². The zero-order chi connectivity index (χ0) is 31.0. The molecular formula is C32H34F5N3O3. The lowest BCUT2D eigenvalue weighted by Crippen LogP contribution is -2.62. The summed E-state index contributed by atoms with van der Waals surface area (Å²) in [5.41, 5.74) is -2.38. The number of carbonyl (C=O) groups is 2. The third-order valence-electron chi connectivity index (χ3n) is 8.60. The molecule has 0 atom stereocenters. The van der Waals surface area contributed by atoms with E-state index in [-0.39, 0.29) is 41.5 Å². The van der Waals surface area contributed by atoms with Crippen LogP contribution >= 0.6 is 0 Å². The van der Waals surface area contributed by atoms with Crippen LogP contribution in [0, 0.1) is 17.0 Å². The van der Waals surface area contributed by atoms with Crippen molar-refractivity contribution in [1.29, 1.82) is 0 Å². The van der Waals surface area contributed by atoms with E-state index in [0.717, 1.165) is 43.9 Å². The zero-order valence-electron chi connectivity index (χ0n) is 24.1. The summed E-state index contributed by atoms with van der Waals surface area (Å²) in [6, 6.07) is 9.52. The van der Waals surface area contributed by atoms with Gasteiger partial charge in [-0.25, -0.2) is 8.78 Å². The highest BCUT2D eigenvalue weighted by Gasteiger charge is 2.48. The molecule has 2 fully saturated rings. The number of amides is 1. The number of Topliss-reactive ketones (excluding diaryl/α,β-unsaturated/α-hetero) is 1. The molecule has 2 aliphatic rings. The number of alkyl halides is 3. The summed E-state index contributed by atoms with van der Waals surface area (Å²) >= 11 is 0. The molecule has 2 aromatic carbocycles. The number of ketones is 1. The molecule has 0 spiro atoms. The molecule has 1 saturated carbocycles. The number of nitrogens with zero attached hydrogens (tertiary/aromatic N) is 2. The summed E-state index contributed by atoms with van der Waals surface area (Å²) in [7, 11) is 0. The number of likely N-dealkylation sites (tertiary alicyclic amines) is 1. The number of rotatable bonds is 9. The summed E-state index contributed by atoms with van der Waals surface area (Å²) in [5.74, 6) is -2.39. The standard InChI is InChI=1S/C32H34F5N3O3/c1-30(2,20-7-6-8-21(13-20)32(35,36)37)38-29(42)17-31(18-40(19-31)23-9-4-3-5-10-23)16-27(41)26-15-28(43-39-26)24-12-11-22(33)14-25(24)34/h6-8,11-15,23H,3-5,9-10,16-19H2,1-2H3,(H,38,42). The lowest BCUT2D eigenvalue weighted by molar-refractivity contribution is -0.137. The van der Waals surface area contributed by atoms with Gasteiger partial charge in [0.05, 0.1) is 16.7 Å². The van der Waals surface area contributed by atoms with Crippen molar-refractivity contribution in [3.05, 3.63) is 77.0 Å². The summed E-state index contributed by atoms with van der Waals surface area (Å²) < 4.78 is 72.7. The number of hydrogen-bond acceptors (Lipinski definition) is 5. The minimum absolute atomic E-state index is 0.0123. The van der Waals surface area contributed by atoms with E-state index in [1.54, 1.807) is 13.8 Å². The third kappa shape index (κ3) is 6.98. The average molecular weight is 604 g/mol. The zero-order valence-corrected chi connectivity index (χ0v) is 24.1. The summed E-state index contributed by atoms with van der Waals surface area (Å²) in [6.45, 7) is 4.30. The maximum Gasteiger partial charge on any atom is 0.416 e. The van der Waals surface area contributed by atoms with Crippen molar-refractivity contribution in [1.82, 2.24) is 15.4 Å². The second kappa shape index (κ2) is 11.8. The molecule has 1 aromatic heterocycles. The van der Waals surface area contributed by atoms with Crippen LogP contribution in [0.15, 0.2) is 53.1 Å². The molecule has 2 heterocycles. The minimum atomic E-state index is -4.52. The van der Waals surface area contributed by atoms with E-state index < -0.39 is 34.3 Å². The number of aromatic nitrogens is 1. The summed E-state index contributed by atoms with van der Waals surface area (Å²) in [6.07, 6.45) is 0.986. The van der Waals surface area contributed by atoms with E-state index in [9.17, 15) is 31.5 Å². The Balaban J connectivity index is 1.32. The van der Waals surface area contributed by atoms with Crippen LogP contribution in [-0.2, 0) is 16.5 Å². The quantitative estimate of drug-likeness (QED) is 0.205. The number of benzene rings is 2. The number of carbonyl (C=O) groups excluding carboxylic acids is 2. The van der Waals surface area contributed by atoms with E-state index in [0.29, 0.717) is 30.8 Å². The molecule has 230 valence electrons. The van der Waals surface area contributed by atoms with Gasteiger partial charge in [0.25, 0.3) is 0 Å². The fourth-order valence-corrected chi connectivity index (χ4v) is 6.35. The molecule has 0 bridgehead atoms. The summed E-state index contributed by atoms with van der Waals surface area (Å²) in [5, 5.41) is 6.70. The SMILES string of the molecule is CC(C)(NC(=O)CC1(CC(=O)c2cc(-c3ccc(F)cc3F)on2)CN(C2CCCCC2)C1)c1cccc(C(F)(F)F)c1. The molecule has 6 nitrogen and oxygen atoms in total. The van der Waals surface area contributed by atoms with Crippen LogP contribution in [0.4, 0.5) is 22.0 Å². The van der Waals surface area contributed by atoms with Crippen molar-refractivity contribution in [3.63, 3.8) is 0 Å². The van der Waals surface area contributed by atoms with Crippen LogP contribution in [0.25, 0.3) is 11.3 Å². The third-order valence-corrected chi connectivity index (χ3v) is 8.60. The Kier molecular flexibility index (Phi) is 8.48. The molecule has 1 N–H and O–H groups in total. The molecule has 1 saturated heterocycles. The smallest absolute Gasteiger partial charge is 0.355 e. The lowest BCUT2D eigenvalue weighted by Gasteiger charge is -2.54. The first-order valence-corrected chi connectivity index (χ1v) is 14.4. The van der Waals surface area contributed by atoms with Gasteiger partial charge in [-0.3, -0.25) is 14.5 Å². The average Bonchev–Trinajstić information content (AvgIpc) is 3.41. The molecule has 3 aromatic rings. The second-order valence-electron chi connectivity index (χ2n) is 12.4. The van der Waals surface area contributed by atoms with Crippen molar-refractivity contribution in [2.45, 2.75) is 76.6 Å². The van der Waals surface area contributed by atoms with Crippen LogP contribution in [0.3, 0.4) is 0 Å². The van der Waals surface area contributed by atoms with Crippen LogP contribution in [0.2, 0.25) is 0 Å². The number of halogens is 5. The normalized spacial score (nSPS) is 17.8. The van der Waals surface area contributed by atoms with E-state index in [4.69, 9.17) is 4.52 Å². The topological polar surface area (TPSA) is 75.4 Å². The van der Waals surface area contributed by atoms with Gasteiger partial charge in [-0.1, -0.05) is 36.6 Å². The van der Waals surface area contributed by atoms with Gasteiger partial charge in [-0.05, 0) is 56.5 Å². The summed E-state index contributed by atoms with van der Waals surface area (Å²) in [4.78, 5) is 29.1. The predicted octanol–water partition coefficient (Wildman–Crippen LogP) is 7.29. The molecule has 1 amide bonds. The number of hydrogen-bond donors (Lipinski definition) is 1. The lowest BCUT2D eigenvalue weighted by atomic mass is 9.70. The molecule has 1 aliphatic heterocycles. The largest absolute Gasteiger partial charge is 0.416 e. The van der Waals surface area contributed by atoms with Gasteiger partial charge in [0.15, 0.2) is 11.5 Å². The predicted molar refractivity (Wildman–Crippen MR) is 149 cm³/mol. The fraction of sp³-hybridized carbons (Fsp3) is 0.469. The van der Waals surface area contributed by atoms with Crippen LogP contribution in [0.1, 0.15) is 80.4 Å². The van der Waals surface area contributed by atoms with E-state index in [1.165, 1.54) is 30.7 Å². The minimum Gasteiger partial charge on any atom is -0.355 e. The Labute approximate surface area is 246 Å². The van der Waals surface area contributed by atoms with Crippen molar-refractivity contribution < 1.29 is 36.1 Å². The maximum absolute atomic E-state index is 14.3. The molecule has 43 heavy (non-hydrogen) atoms. The highest BCUT2D eigenvalue weighted by atomic mass is 19.4. The Hall–Kier alpha value is -3.60. The number of nitrogens with one attached hydrogen (secondary N) is 1. The first-order chi connectivity index (χ1) is 20.2. The van der Waals surface area contributed by atoms with Gasteiger partial charge in [0.2, 0.25) is 5.91 Å². The van der Waals surface area contributed by atoms with Crippen LogP contribution < -0.4 is 5.32 Å². The monoisotopic (exact) mass is 603 g/mol. The van der Waals surface area contributed by atoms with E-state index in [1.807, 2.05) is 0 Å². The fourth-order valence-electron chi connectivity index (χ4n) is 6.35. The van der Waals surface area contributed by atoms with Crippen molar-refractivity contribution in [3.8, 4) is 11.3 Å². The molecule has 5 rings (SSSR count). The van der Waals surface area contributed by atoms with Gasteiger partial charge in [-0.2, -0.15) is 13.2 Å². The van der Waals surface area contributed by atoms with Crippen molar-refractivity contribution >= 4 is 11.7 Å². The van der Waals surface area contributed by atoms with Crippen molar-refractivity contribution in [2.75, 3.05) is 13.1 Å². The molecule has 1 aliphatic carbocycles. The highest BCUT2D eigenvalue weighted by Crippen LogP contribution is 2.43. The Morgan fingerprint density at radius 1 is 0.977 bits per heavy atom. The molecule has 11 heteroatoms. The first-order valence-electron chi connectivity index (χ1n) is 14.4. The van der Waals surface area contributed by atoms with E-state index >= 15 is 0 Å². The van der Waals surface area contributed by atoms with E-state index in [2.05, 4.69) is 15.4 Å². The van der Waals surface area contributed by atoms with Gasteiger partial charge >= 0.3 is 6.18 Å². The maximum atomic E-state index is 14.3.